The molecule has 2 aromatic heterocycles. The van der Waals surface area contributed by atoms with Gasteiger partial charge in [-0.1, -0.05) is 6.42 Å². The van der Waals surface area contributed by atoms with E-state index in [1.807, 2.05) is 0 Å². The first-order valence-electron chi connectivity index (χ1n) is 10.2. The van der Waals surface area contributed by atoms with Crippen LogP contribution in [0.4, 0.5) is 19.2 Å². The summed E-state index contributed by atoms with van der Waals surface area (Å²) in [5.41, 5.74) is -0.0883. The lowest BCUT2D eigenvalue weighted by molar-refractivity contribution is 0.0756. The summed E-state index contributed by atoms with van der Waals surface area (Å²) in [5.74, 6) is -2.23. The molecule has 2 unspecified atom stereocenters. The van der Waals surface area contributed by atoms with Crippen molar-refractivity contribution in [2.45, 2.75) is 44.4 Å². The highest BCUT2D eigenvalue weighted by Crippen LogP contribution is 2.26. The van der Waals surface area contributed by atoms with E-state index in [0.717, 1.165) is 32.1 Å². The molecule has 2 aliphatic rings. The van der Waals surface area contributed by atoms with E-state index < -0.39 is 23.7 Å². The van der Waals surface area contributed by atoms with Crippen molar-refractivity contribution in [3.05, 3.63) is 41.5 Å². The van der Waals surface area contributed by atoms with Gasteiger partial charge in [0.25, 0.3) is 11.9 Å². The van der Waals surface area contributed by atoms with Crippen molar-refractivity contribution in [1.82, 2.24) is 20.2 Å². The molecule has 30 heavy (non-hydrogen) atoms. The Balaban J connectivity index is 1.33. The highest BCUT2D eigenvalue weighted by Gasteiger charge is 2.35. The van der Waals surface area contributed by atoms with Crippen LogP contribution in [0, 0.1) is 11.6 Å². The van der Waals surface area contributed by atoms with Crippen molar-refractivity contribution in [2.75, 3.05) is 31.1 Å². The lowest BCUT2D eigenvalue weighted by Gasteiger charge is -2.41. The van der Waals surface area contributed by atoms with Gasteiger partial charge in [0.1, 0.15) is 24.1 Å². The fraction of sp³-hybridized carbons (Fsp3) is 0.550. The van der Waals surface area contributed by atoms with Crippen LogP contribution < -0.4 is 10.2 Å². The zero-order valence-corrected chi connectivity index (χ0v) is 16.5. The average molecular weight is 423 g/mol. The summed E-state index contributed by atoms with van der Waals surface area (Å²) in [6.45, 7) is 2.41. The molecule has 2 saturated heterocycles. The van der Waals surface area contributed by atoms with Crippen molar-refractivity contribution in [1.29, 1.82) is 0 Å². The van der Waals surface area contributed by atoms with E-state index in [1.165, 1.54) is 12.7 Å². The van der Waals surface area contributed by atoms with Crippen molar-refractivity contribution in [2.24, 2.45) is 0 Å². The second-order valence-corrected chi connectivity index (χ2v) is 7.69. The summed E-state index contributed by atoms with van der Waals surface area (Å²) in [6, 6.07) is 0.798. The summed E-state index contributed by atoms with van der Waals surface area (Å²) >= 11 is 0. The molecule has 4 rings (SSSR count). The number of nitrogens with zero attached hydrogens (tertiary/aromatic N) is 4. The second kappa shape index (κ2) is 9.03. The Morgan fingerprint density at radius 1 is 1.23 bits per heavy atom. The van der Waals surface area contributed by atoms with Gasteiger partial charge in [-0.3, -0.25) is 14.7 Å². The molecule has 0 saturated carbocycles. The fourth-order valence-electron chi connectivity index (χ4n) is 4.07. The molecule has 2 aliphatic heterocycles. The van der Waals surface area contributed by atoms with Gasteiger partial charge in [0.15, 0.2) is 5.69 Å². The smallest absolute Gasteiger partial charge is 0.298 e. The minimum Gasteiger partial charge on any atom is -0.431 e. The number of pyridine rings is 1. The zero-order valence-electron chi connectivity index (χ0n) is 16.5. The number of piperidine rings is 2. The van der Waals surface area contributed by atoms with Gasteiger partial charge < -0.3 is 14.6 Å². The van der Waals surface area contributed by atoms with Gasteiger partial charge in [0, 0.05) is 18.7 Å². The number of hydrogen-bond donors (Lipinski definition) is 1. The largest absolute Gasteiger partial charge is 0.431 e. The molecule has 0 aliphatic carbocycles. The maximum atomic E-state index is 14.8. The highest BCUT2D eigenvalue weighted by molar-refractivity contribution is 5.92. The molecule has 0 aromatic carbocycles. The molecule has 2 aromatic rings. The van der Waals surface area contributed by atoms with E-state index in [4.69, 9.17) is 4.42 Å². The molecule has 2 fully saturated rings. The number of carbonyl (C=O) groups excluding carboxylic acids is 1. The molecule has 7 nitrogen and oxygen atoms in total. The van der Waals surface area contributed by atoms with Gasteiger partial charge in [0.05, 0.1) is 25.0 Å². The molecule has 1 amide bonds. The number of halogens is 3. The van der Waals surface area contributed by atoms with E-state index in [9.17, 15) is 18.0 Å². The number of carbonyl (C=O) groups is 1. The van der Waals surface area contributed by atoms with Crippen LogP contribution in [-0.4, -0.2) is 59.2 Å². The minimum absolute atomic E-state index is 0.00100. The quantitative estimate of drug-likeness (QED) is 0.797. The Hall–Kier alpha value is -2.62. The number of anilines is 1. The lowest BCUT2D eigenvalue weighted by atomic mass is 9.98. The third kappa shape index (κ3) is 4.58. The molecule has 0 spiro atoms. The maximum Gasteiger partial charge on any atom is 0.298 e. The van der Waals surface area contributed by atoms with Gasteiger partial charge in [-0.05, 0) is 32.4 Å². The normalized spacial score (nSPS) is 22.8. The Morgan fingerprint density at radius 3 is 2.77 bits per heavy atom. The summed E-state index contributed by atoms with van der Waals surface area (Å²) in [7, 11) is 0. The molecule has 1 N–H and O–H groups in total. The van der Waals surface area contributed by atoms with Gasteiger partial charge in [-0.15, -0.1) is 0 Å². The predicted molar refractivity (Wildman–Crippen MR) is 103 cm³/mol. The number of amides is 1. The van der Waals surface area contributed by atoms with Crippen LogP contribution in [0.2, 0.25) is 0 Å². The third-order valence-corrected chi connectivity index (χ3v) is 5.66. The van der Waals surface area contributed by atoms with Crippen LogP contribution in [0.1, 0.15) is 41.9 Å². The molecular weight excluding hydrogens is 399 g/mol. The number of aromatic nitrogens is 2. The molecular formula is C20H24F3N5O2. The van der Waals surface area contributed by atoms with Crippen molar-refractivity contribution in [3.63, 3.8) is 0 Å². The summed E-state index contributed by atoms with van der Waals surface area (Å²) in [5, 5.41) is 2.46. The number of nitrogens with one attached hydrogen (secondary N) is 1. The van der Waals surface area contributed by atoms with Gasteiger partial charge >= 0.3 is 0 Å². The molecule has 0 bridgehead atoms. The van der Waals surface area contributed by atoms with E-state index in [0.29, 0.717) is 19.0 Å². The maximum absolute atomic E-state index is 14.8. The second-order valence-electron chi connectivity index (χ2n) is 7.69. The third-order valence-electron chi connectivity index (χ3n) is 5.66. The van der Waals surface area contributed by atoms with E-state index in [-0.39, 0.29) is 36.5 Å². The average Bonchev–Trinajstić information content (AvgIpc) is 3.24. The van der Waals surface area contributed by atoms with Gasteiger partial charge in [0.2, 0.25) is 0 Å². The summed E-state index contributed by atoms with van der Waals surface area (Å²) < 4.78 is 46.7. The van der Waals surface area contributed by atoms with Crippen LogP contribution in [0.3, 0.4) is 0 Å². The first-order valence-corrected chi connectivity index (χ1v) is 10.2. The standard InChI is InChI=1S/C20H24F3N5O2/c21-13-8-14(22)16(24-9-13)10-25-19(29)17-12-30-20(26-17)28-7-4-18(15(23)11-28)27-5-2-1-3-6-27/h8-9,12,15,18H,1-7,10-11H2,(H,25,29). The Kier molecular flexibility index (Phi) is 6.21. The monoisotopic (exact) mass is 423 g/mol. The molecule has 162 valence electrons. The van der Waals surface area contributed by atoms with Gasteiger partial charge in [-0.25, -0.2) is 13.2 Å². The Labute approximate surface area is 172 Å². The summed E-state index contributed by atoms with van der Waals surface area (Å²) in [6.07, 6.45) is 5.14. The number of alkyl halides is 1. The predicted octanol–water partition coefficient (Wildman–Crippen LogP) is 2.68. The van der Waals surface area contributed by atoms with Crippen molar-refractivity contribution < 1.29 is 22.4 Å². The fourth-order valence-corrected chi connectivity index (χ4v) is 4.07. The number of hydrogen-bond acceptors (Lipinski definition) is 6. The topological polar surface area (TPSA) is 74.5 Å². The van der Waals surface area contributed by atoms with Gasteiger partial charge in [-0.2, -0.15) is 4.98 Å². The van der Waals surface area contributed by atoms with Crippen molar-refractivity contribution >= 4 is 11.9 Å². The lowest BCUT2D eigenvalue weighted by Crippen LogP contribution is -2.53. The SMILES string of the molecule is O=C(NCc1ncc(F)cc1F)c1coc(N2CCC(N3CCCCC3)C(F)C2)n1. The molecule has 0 radical (unpaired) electrons. The molecule has 10 heteroatoms. The molecule has 2 atom stereocenters. The number of rotatable bonds is 5. The Bertz CT molecular complexity index is 887. The van der Waals surface area contributed by atoms with E-state index >= 15 is 0 Å². The van der Waals surface area contributed by atoms with E-state index in [2.05, 4.69) is 20.2 Å². The molecule has 4 heterocycles. The first kappa shape index (κ1) is 20.6. The van der Waals surface area contributed by atoms with E-state index in [1.54, 1.807) is 4.90 Å². The first-order chi connectivity index (χ1) is 14.5. The van der Waals surface area contributed by atoms with Crippen LogP contribution >= 0.6 is 0 Å². The van der Waals surface area contributed by atoms with Crippen LogP contribution in [-0.2, 0) is 6.54 Å². The zero-order chi connectivity index (χ0) is 21.1. The van der Waals surface area contributed by atoms with Crippen LogP contribution in [0.25, 0.3) is 0 Å². The highest BCUT2D eigenvalue weighted by atomic mass is 19.1. The van der Waals surface area contributed by atoms with Crippen LogP contribution in [0.15, 0.2) is 22.9 Å². The minimum atomic E-state index is -1.02. The van der Waals surface area contributed by atoms with Crippen LogP contribution in [0.5, 0.6) is 0 Å². The number of likely N-dealkylation sites (tertiary alicyclic amines) is 1. The Morgan fingerprint density at radius 2 is 2.03 bits per heavy atom. The summed E-state index contributed by atoms with van der Waals surface area (Å²) in [4.78, 5) is 24.0. The number of oxazole rings is 1. The van der Waals surface area contributed by atoms with Crippen molar-refractivity contribution in [3.8, 4) is 0 Å².